The molecule has 0 saturated carbocycles. The predicted molar refractivity (Wildman–Crippen MR) is 157 cm³/mol. The predicted octanol–water partition coefficient (Wildman–Crippen LogP) is 10.1. The van der Waals surface area contributed by atoms with Crippen molar-refractivity contribution in [2.75, 3.05) is 11.9 Å². The number of hydrogen-bond acceptors (Lipinski definition) is 3. The highest BCUT2D eigenvalue weighted by atomic mass is 79.9. The quantitative estimate of drug-likeness (QED) is 0.218. The average molecular weight is 566 g/mol. The van der Waals surface area contributed by atoms with Crippen LogP contribution in [0.3, 0.4) is 0 Å². The SMILES string of the molecule is CCCCCCCCCCCCCCCNc1c2c(nc3ccc(Br)cc13)CC(C)(C)CC2=O.Cl. The molecule has 3 nitrogen and oxygen atoms in total. The summed E-state index contributed by atoms with van der Waals surface area (Å²) in [5.41, 5.74) is 3.75. The lowest BCUT2D eigenvalue weighted by molar-refractivity contribution is 0.0911. The highest BCUT2D eigenvalue weighted by molar-refractivity contribution is 9.10. The van der Waals surface area contributed by atoms with Crippen molar-refractivity contribution in [2.45, 2.75) is 117 Å². The highest BCUT2D eigenvalue weighted by Crippen LogP contribution is 2.40. The number of unbranched alkanes of at least 4 members (excludes halogenated alkanes) is 12. The molecule has 1 aliphatic carbocycles. The lowest BCUT2D eigenvalue weighted by Crippen LogP contribution is -2.29. The van der Waals surface area contributed by atoms with Gasteiger partial charge in [-0.25, -0.2) is 0 Å². The number of anilines is 1. The van der Waals surface area contributed by atoms with Gasteiger partial charge < -0.3 is 5.32 Å². The summed E-state index contributed by atoms with van der Waals surface area (Å²) in [4.78, 5) is 18.0. The fourth-order valence-electron chi connectivity index (χ4n) is 5.29. The van der Waals surface area contributed by atoms with E-state index in [1.807, 2.05) is 6.07 Å². The first kappa shape index (κ1) is 30.1. The standard InChI is InChI=1S/C30H45BrN2O.ClH/c1-4-5-6-7-8-9-10-11-12-13-14-15-16-19-32-29-24-20-23(31)17-18-25(24)33-26-21-30(2,3)22-27(34)28(26)29;/h17-18,20H,4-16,19,21-22H2,1-3H3,(H,32,33);1H. The molecule has 0 radical (unpaired) electrons. The van der Waals surface area contributed by atoms with Gasteiger partial charge in [-0.15, -0.1) is 12.4 Å². The van der Waals surface area contributed by atoms with E-state index in [4.69, 9.17) is 4.98 Å². The van der Waals surface area contributed by atoms with Crippen LogP contribution in [0.5, 0.6) is 0 Å². The van der Waals surface area contributed by atoms with Crippen LogP contribution in [-0.4, -0.2) is 17.3 Å². The van der Waals surface area contributed by atoms with Gasteiger partial charge >= 0.3 is 0 Å². The van der Waals surface area contributed by atoms with Crippen LogP contribution in [0.1, 0.15) is 127 Å². The molecule has 0 saturated heterocycles. The summed E-state index contributed by atoms with van der Waals surface area (Å²) in [6, 6.07) is 6.19. The molecule has 1 N–H and O–H groups in total. The summed E-state index contributed by atoms with van der Waals surface area (Å²) in [6.45, 7) is 7.53. The molecule has 0 spiro atoms. The Labute approximate surface area is 228 Å². The number of benzene rings is 1. The fraction of sp³-hybridized carbons (Fsp3) is 0.667. The molecule has 0 amide bonds. The second-order valence-electron chi connectivity index (χ2n) is 11.1. The van der Waals surface area contributed by atoms with Gasteiger partial charge in [-0.1, -0.05) is 114 Å². The Morgan fingerprint density at radius 1 is 0.886 bits per heavy atom. The Morgan fingerprint density at radius 2 is 1.46 bits per heavy atom. The van der Waals surface area contributed by atoms with Crippen LogP contribution in [0.15, 0.2) is 22.7 Å². The van der Waals surface area contributed by atoms with Gasteiger partial charge in [-0.3, -0.25) is 9.78 Å². The lowest BCUT2D eigenvalue weighted by atomic mass is 9.75. The smallest absolute Gasteiger partial charge is 0.167 e. The first-order valence-electron chi connectivity index (χ1n) is 13.8. The van der Waals surface area contributed by atoms with Gasteiger partial charge in [-0.05, 0) is 36.5 Å². The van der Waals surface area contributed by atoms with Crippen LogP contribution < -0.4 is 5.32 Å². The third-order valence-corrected chi connectivity index (χ3v) is 7.66. The van der Waals surface area contributed by atoms with E-state index in [-0.39, 0.29) is 23.6 Å². The number of fused-ring (bicyclic) bond motifs is 2. The molecule has 1 aromatic carbocycles. The molecule has 1 aromatic heterocycles. The number of halogens is 2. The summed E-state index contributed by atoms with van der Waals surface area (Å²) >= 11 is 3.60. The number of pyridine rings is 1. The summed E-state index contributed by atoms with van der Waals surface area (Å²) in [7, 11) is 0. The molecule has 0 atom stereocenters. The molecule has 196 valence electrons. The van der Waals surface area contributed by atoms with E-state index in [0.717, 1.165) is 51.7 Å². The van der Waals surface area contributed by atoms with E-state index < -0.39 is 0 Å². The zero-order valence-corrected chi connectivity index (χ0v) is 24.6. The van der Waals surface area contributed by atoms with E-state index >= 15 is 0 Å². The maximum atomic E-state index is 13.1. The highest BCUT2D eigenvalue weighted by Gasteiger charge is 2.34. The maximum absolute atomic E-state index is 13.1. The summed E-state index contributed by atoms with van der Waals surface area (Å²) in [5, 5.41) is 4.71. The fourth-order valence-corrected chi connectivity index (χ4v) is 5.65. The number of Topliss-reactive ketones (excluding diaryl/α,β-unsaturated/α-hetero) is 1. The molecule has 0 aliphatic heterocycles. The van der Waals surface area contributed by atoms with Crippen molar-refractivity contribution in [1.29, 1.82) is 0 Å². The molecule has 35 heavy (non-hydrogen) atoms. The first-order chi connectivity index (χ1) is 16.4. The van der Waals surface area contributed by atoms with Crippen LogP contribution in [0.2, 0.25) is 0 Å². The van der Waals surface area contributed by atoms with Crippen LogP contribution >= 0.6 is 28.3 Å². The van der Waals surface area contributed by atoms with E-state index in [1.54, 1.807) is 0 Å². The van der Waals surface area contributed by atoms with Gasteiger partial charge in [-0.2, -0.15) is 0 Å². The minimum atomic E-state index is -0.0214. The van der Waals surface area contributed by atoms with E-state index in [0.29, 0.717) is 6.42 Å². The Kier molecular flexibility index (Phi) is 13.1. The molecular formula is C30H46BrClN2O. The van der Waals surface area contributed by atoms with Gasteiger partial charge in [0.25, 0.3) is 0 Å². The van der Waals surface area contributed by atoms with E-state index in [2.05, 4.69) is 54.2 Å². The van der Waals surface area contributed by atoms with Crippen molar-refractivity contribution in [1.82, 2.24) is 4.98 Å². The number of nitrogens with zero attached hydrogens (tertiary/aromatic N) is 1. The number of ketones is 1. The molecular weight excluding hydrogens is 520 g/mol. The van der Waals surface area contributed by atoms with Crippen LogP contribution in [0.25, 0.3) is 10.9 Å². The van der Waals surface area contributed by atoms with Gasteiger partial charge in [0, 0.05) is 22.8 Å². The van der Waals surface area contributed by atoms with Crippen LogP contribution in [0, 0.1) is 5.41 Å². The third kappa shape index (κ3) is 9.35. The van der Waals surface area contributed by atoms with Crippen molar-refractivity contribution in [3.05, 3.63) is 33.9 Å². The summed E-state index contributed by atoms with van der Waals surface area (Å²) < 4.78 is 1.02. The maximum Gasteiger partial charge on any atom is 0.167 e. The third-order valence-electron chi connectivity index (χ3n) is 7.17. The molecule has 3 rings (SSSR count). The Morgan fingerprint density at radius 3 is 2.06 bits per heavy atom. The zero-order valence-electron chi connectivity index (χ0n) is 22.2. The van der Waals surface area contributed by atoms with Crippen molar-refractivity contribution in [3.8, 4) is 0 Å². The number of carbonyl (C=O) groups excluding carboxylic acids is 1. The molecule has 0 fully saturated rings. The van der Waals surface area contributed by atoms with E-state index in [1.165, 1.54) is 77.0 Å². The van der Waals surface area contributed by atoms with Gasteiger partial charge in [0.1, 0.15) is 0 Å². The monoisotopic (exact) mass is 564 g/mol. The van der Waals surface area contributed by atoms with Gasteiger partial charge in [0.05, 0.1) is 22.5 Å². The van der Waals surface area contributed by atoms with E-state index in [9.17, 15) is 4.79 Å². The first-order valence-corrected chi connectivity index (χ1v) is 14.6. The zero-order chi connectivity index (χ0) is 24.4. The number of hydrogen-bond donors (Lipinski definition) is 1. The largest absolute Gasteiger partial charge is 0.384 e. The number of aromatic nitrogens is 1. The number of nitrogens with one attached hydrogen (secondary N) is 1. The normalized spacial score (nSPS) is 14.6. The summed E-state index contributed by atoms with van der Waals surface area (Å²) in [6.07, 6.45) is 19.1. The molecule has 5 heteroatoms. The van der Waals surface area contributed by atoms with Gasteiger partial charge in [0.15, 0.2) is 5.78 Å². The van der Waals surface area contributed by atoms with Crippen molar-refractivity contribution < 1.29 is 4.79 Å². The second-order valence-corrected chi connectivity index (χ2v) is 12.0. The number of rotatable bonds is 15. The molecule has 0 unspecified atom stereocenters. The van der Waals surface area contributed by atoms with Crippen molar-refractivity contribution >= 4 is 50.7 Å². The van der Waals surface area contributed by atoms with Crippen LogP contribution in [-0.2, 0) is 6.42 Å². The topological polar surface area (TPSA) is 42.0 Å². The minimum absolute atomic E-state index is 0. The second kappa shape index (κ2) is 15.2. The minimum Gasteiger partial charge on any atom is -0.384 e. The Bertz CT molecular complexity index is 944. The molecule has 1 heterocycles. The Balaban J connectivity index is 0.00000432. The summed E-state index contributed by atoms with van der Waals surface area (Å²) in [5.74, 6) is 0.230. The van der Waals surface area contributed by atoms with Crippen molar-refractivity contribution in [3.63, 3.8) is 0 Å². The molecule has 2 aromatic rings. The number of carbonyl (C=O) groups is 1. The average Bonchev–Trinajstić information content (AvgIpc) is 2.78. The lowest BCUT2D eigenvalue weighted by Gasteiger charge is -2.31. The molecule has 1 aliphatic rings. The van der Waals surface area contributed by atoms with Crippen LogP contribution in [0.4, 0.5) is 5.69 Å². The molecule has 0 bridgehead atoms. The van der Waals surface area contributed by atoms with Crippen molar-refractivity contribution in [2.24, 2.45) is 5.41 Å². The Hall–Kier alpha value is -1.13. The van der Waals surface area contributed by atoms with Gasteiger partial charge in [0.2, 0.25) is 0 Å².